The number of carboxylic acids is 1. The highest BCUT2D eigenvalue weighted by Gasteiger charge is 2.31. The second kappa shape index (κ2) is 7.10. The number of rotatable bonds is 6. The van der Waals surface area contributed by atoms with E-state index in [1.54, 1.807) is 0 Å². The summed E-state index contributed by atoms with van der Waals surface area (Å²) in [4.78, 5) is 13.2. The molecule has 0 aliphatic carbocycles. The zero-order chi connectivity index (χ0) is 13.7. The molecule has 3 unspecified atom stereocenters. The number of hydrogen-bond acceptors (Lipinski definition) is 3. The van der Waals surface area contributed by atoms with Gasteiger partial charge in [0.05, 0.1) is 12.6 Å². The topological polar surface area (TPSA) is 49.8 Å². The molecule has 0 radical (unpaired) electrons. The van der Waals surface area contributed by atoms with Crippen LogP contribution in [0, 0.1) is 5.92 Å². The molecule has 3 atom stereocenters. The summed E-state index contributed by atoms with van der Waals surface area (Å²) < 4.78 is 5.76. The third-order valence-electron chi connectivity index (χ3n) is 3.97. The first kappa shape index (κ1) is 15.4. The van der Waals surface area contributed by atoms with Crippen molar-refractivity contribution in [1.29, 1.82) is 0 Å². The summed E-state index contributed by atoms with van der Waals surface area (Å²) in [5.74, 6) is -0.237. The van der Waals surface area contributed by atoms with E-state index < -0.39 is 5.97 Å². The van der Waals surface area contributed by atoms with E-state index in [1.165, 1.54) is 0 Å². The minimum absolute atomic E-state index is 0.143. The lowest BCUT2D eigenvalue weighted by Crippen LogP contribution is -2.49. The summed E-state index contributed by atoms with van der Waals surface area (Å²) in [6.45, 7) is 9.45. The van der Waals surface area contributed by atoms with E-state index in [1.807, 2.05) is 0 Å². The van der Waals surface area contributed by atoms with Gasteiger partial charge in [0.2, 0.25) is 0 Å². The molecule has 0 aromatic carbocycles. The Morgan fingerprint density at radius 1 is 1.44 bits per heavy atom. The average Bonchev–Trinajstić information content (AvgIpc) is 2.35. The van der Waals surface area contributed by atoms with Crippen molar-refractivity contribution >= 4 is 5.97 Å². The van der Waals surface area contributed by atoms with E-state index >= 15 is 0 Å². The van der Waals surface area contributed by atoms with Crippen molar-refractivity contribution in [3.05, 3.63) is 0 Å². The smallest absolute Gasteiger partial charge is 0.317 e. The molecule has 18 heavy (non-hydrogen) atoms. The van der Waals surface area contributed by atoms with Crippen LogP contribution in [0.2, 0.25) is 0 Å². The molecule has 1 N–H and O–H groups in total. The Balaban J connectivity index is 2.68. The Morgan fingerprint density at radius 3 is 2.61 bits per heavy atom. The normalized spacial score (nSPS) is 26.6. The predicted molar refractivity (Wildman–Crippen MR) is 71.7 cm³/mol. The predicted octanol–water partition coefficient (Wildman–Crippen LogP) is 2.38. The van der Waals surface area contributed by atoms with Crippen molar-refractivity contribution in [3.63, 3.8) is 0 Å². The van der Waals surface area contributed by atoms with E-state index in [0.717, 1.165) is 25.9 Å². The van der Waals surface area contributed by atoms with Gasteiger partial charge >= 0.3 is 5.97 Å². The molecule has 0 aromatic rings. The SMILES string of the molecule is CCC(C)N(CC(=O)O)C1CCOC(C(C)C)C1. The Morgan fingerprint density at radius 2 is 2.11 bits per heavy atom. The van der Waals surface area contributed by atoms with Crippen LogP contribution in [-0.4, -0.2) is 47.3 Å². The van der Waals surface area contributed by atoms with Crippen LogP contribution in [0.4, 0.5) is 0 Å². The first-order valence-corrected chi connectivity index (χ1v) is 7.04. The molecule has 4 nitrogen and oxygen atoms in total. The monoisotopic (exact) mass is 257 g/mol. The van der Waals surface area contributed by atoms with Crippen LogP contribution in [0.1, 0.15) is 47.0 Å². The highest BCUT2D eigenvalue weighted by atomic mass is 16.5. The van der Waals surface area contributed by atoms with Gasteiger partial charge in [-0.3, -0.25) is 9.69 Å². The highest BCUT2D eigenvalue weighted by molar-refractivity contribution is 5.69. The van der Waals surface area contributed by atoms with Crippen molar-refractivity contribution in [3.8, 4) is 0 Å². The molecular weight excluding hydrogens is 230 g/mol. The van der Waals surface area contributed by atoms with Crippen LogP contribution in [0.25, 0.3) is 0 Å². The van der Waals surface area contributed by atoms with Crippen molar-refractivity contribution in [1.82, 2.24) is 4.90 Å². The van der Waals surface area contributed by atoms with E-state index in [0.29, 0.717) is 18.0 Å². The fourth-order valence-electron chi connectivity index (χ4n) is 2.61. The van der Waals surface area contributed by atoms with Gasteiger partial charge in [0, 0.05) is 18.7 Å². The molecule has 106 valence electrons. The number of hydrogen-bond donors (Lipinski definition) is 1. The fourth-order valence-corrected chi connectivity index (χ4v) is 2.61. The molecule has 1 fully saturated rings. The van der Waals surface area contributed by atoms with Gasteiger partial charge in [-0.15, -0.1) is 0 Å². The van der Waals surface area contributed by atoms with Gasteiger partial charge in [0.1, 0.15) is 0 Å². The molecule has 0 saturated carbocycles. The summed E-state index contributed by atoms with van der Waals surface area (Å²) in [5, 5.41) is 9.06. The maximum atomic E-state index is 11.0. The maximum absolute atomic E-state index is 11.0. The molecule has 1 saturated heterocycles. The van der Waals surface area contributed by atoms with Crippen LogP contribution in [0.5, 0.6) is 0 Å². The Kier molecular flexibility index (Phi) is 6.09. The Bertz CT molecular complexity index is 268. The van der Waals surface area contributed by atoms with Gasteiger partial charge in [-0.05, 0) is 32.1 Å². The maximum Gasteiger partial charge on any atom is 0.317 e. The number of aliphatic carboxylic acids is 1. The zero-order valence-corrected chi connectivity index (χ0v) is 12.1. The first-order chi connectivity index (χ1) is 8.45. The summed E-state index contributed by atoms with van der Waals surface area (Å²) in [6, 6.07) is 0.661. The lowest BCUT2D eigenvalue weighted by atomic mass is 9.93. The first-order valence-electron chi connectivity index (χ1n) is 7.04. The number of carboxylic acid groups (broad SMARTS) is 1. The summed E-state index contributed by atoms with van der Waals surface area (Å²) in [7, 11) is 0. The van der Waals surface area contributed by atoms with E-state index in [9.17, 15) is 4.79 Å². The fraction of sp³-hybridized carbons (Fsp3) is 0.929. The van der Waals surface area contributed by atoms with Crippen molar-refractivity contribution in [2.24, 2.45) is 5.92 Å². The summed E-state index contributed by atoms with van der Waals surface area (Å²) >= 11 is 0. The molecule has 0 amide bonds. The molecule has 0 bridgehead atoms. The lowest BCUT2D eigenvalue weighted by molar-refractivity contribution is -0.141. The molecule has 0 aromatic heterocycles. The van der Waals surface area contributed by atoms with Crippen LogP contribution in [-0.2, 0) is 9.53 Å². The zero-order valence-electron chi connectivity index (χ0n) is 12.1. The minimum Gasteiger partial charge on any atom is -0.480 e. The quantitative estimate of drug-likeness (QED) is 0.793. The van der Waals surface area contributed by atoms with Gasteiger partial charge in [-0.2, -0.15) is 0 Å². The second-order valence-corrected chi connectivity index (χ2v) is 5.65. The molecule has 4 heteroatoms. The van der Waals surface area contributed by atoms with Crippen molar-refractivity contribution < 1.29 is 14.6 Å². The third kappa shape index (κ3) is 4.25. The van der Waals surface area contributed by atoms with Gasteiger partial charge in [0.25, 0.3) is 0 Å². The number of nitrogens with zero attached hydrogens (tertiary/aromatic N) is 1. The van der Waals surface area contributed by atoms with Crippen LogP contribution < -0.4 is 0 Å². The van der Waals surface area contributed by atoms with E-state index in [4.69, 9.17) is 9.84 Å². The summed E-state index contributed by atoms with van der Waals surface area (Å²) in [6.07, 6.45) is 3.15. The summed E-state index contributed by atoms with van der Waals surface area (Å²) in [5.41, 5.74) is 0. The van der Waals surface area contributed by atoms with Crippen LogP contribution in [0.3, 0.4) is 0 Å². The average molecular weight is 257 g/mol. The number of ether oxygens (including phenoxy) is 1. The van der Waals surface area contributed by atoms with Crippen molar-refractivity contribution in [2.45, 2.75) is 65.1 Å². The minimum atomic E-state index is -0.733. The molecule has 1 heterocycles. The van der Waals surface area contributed by atoms with Crippen LogP contribution in [0.15, 0.2) is 0 Å². The largest absolute Gasteiger partial charge is 0.480 e. The highest BCUT2D eigenvalue weighted by Crippen LogP contribution is 2.25. The third-order valence-corrected chi connectivity index (χ3v) is 3.97. The van der Waals surface area contributed by atoms with Gasteiger partial charge < -0.3 is 9.84 Å². The molecule has 1 rings (SSSR count). The standard InChI is InChI=1S/C14H27NO3/c1-5-11(4)15(9-14(16)17)12-6-7-18-13(8-12)10(2)3/h10-13H,5-9H2,1-4H3,(H,16,17). The second-order valence-electron chi connectivity index (χ2n) is 5.65. The van der Waals surface area contributed by atoms with E-state index in [2.05, 4.69) is 32.6 Å². The Hall–Kier alpha value is -0.610. The van der Waals surface area contributed by atoms with E-state index in [-0.39, 0.29) is 12.6 Å². The van der Waals surface area contributed by atoms with Gasteiger partial charge in [-0.1, -0.05) is 20.8 Å². The lowest BCUT2D eigenvalue weighted by Gasteiger charge is -2.40. The van der Waals surface area contributed by atoms with Gasteiger partial charge in [-0.25, -0.2) is 0 Å². The molecular formula is C14H27NO3. The molecule has 1 aliphatic rings. The molecule has 0 spiro atoms. The number of carbonyl (C=O) groups is 1. The molecule has 1 aliphatic heterocycles. The van der Waals surface area contributed by atoms with Crippen molar-refractivity contribution in [2.75, 3.05) is 13.2 Å². The Labute approximate surface area is 110 Å². The van der Waals surface area contributed by atoms with Crippen LogP contribution >= 0.6 is 0 Å². The van der Waals surface area contributed by atoms with Gasteiger partial charge in [0.15, 0.2) is 0 Å².